The minimum Gasteiger partial charge on any atom is -0.398 e. The van der Waals surface area contributed by atoms with Gasteiger partial charge in [0.2, 0.25) is 0 Å². The Morgan fingerprint density at radius 2 is 2.05 bits per heavy atom. The van der Waals surface area contributed by atoms with Gasteiger partial charge in [-0.2, -0.15) is 0 Å². The molecule has 0 saturated heterocycles. The van der Waals surface area contributed by atoms with Crippen LogP contribution in [-0.2, 0) is 17.2 Å². The molecule has 0 aliphatic heterocycles. The van der Waals surface area contributed by atoms with Crippen LogP contribution in [0.3, 0.4) is 0 Å². The third-order valence-electron chi connectivity index (χ3n) is 3.53. The van der Waals surface area contributed by atoms with Crippen molar-refractivity contribution in [2.75, 3.05) is 11.5 Å². The summed E-state index contributed by atoms with van der Waals surface area (Å²) in [6.45, 7) is 0. The van der Waals surface area contributed by atoms with Crippen LogP contribution in [0.25, 0.3) is 0 Å². The summed E-state index contributed by atoms with van der Waals surface area (Å²) in [6.07, 6.45) is 1.02. The molecule has 3 rings (SSSR count). The highest BCUT2D eigenvalue weighted by Crippen LogP contribution is 2.36. The molecule has 4 heteroatoms. The molecule has 98 valence electrons. The van der Waals surface area contributed by atoms with E-state index in [0.29, 0.717) is 17.4 Å². The summed E-state index contributed by atoms with van der Waals surface area (Å²) in [5, 5.41) is 0. The van der Waals surface area contributed by atoms with E-state index in [0.717, 1.165) is 15.8 Å². The molecule has 2 aromatic carbocycles. The van der Waals surface area contributed by atoms with E-state index in [-0.39, 0.29) is 0 Å². The van der Waals surface area contributed by atoms with E-state index >= 15 is 0 Å². The molecule has 2 atom stereocenters. The van der Waals surface area contributed by atoms with Crippen molar-refractivity contribution >= 4 is 32.4 Å². The van der Waals surface area contributed by atoms with Crippen molar-refractivity contribution < 1.29 is 4.21 Å². The minimum atomic E-state index is -1.05. The Hall–Kier alpha value is -1.13. The molecule has 0 amide bonds. The Morgan fingerprint density at radius 3 is 2.84 bits per heavy atom. The first-order chi connectivity index (χ1) is 9.15. The molecule has 0 bridgehead atoms. The third kappa shape index (κ3) is 2.47. The van der Waals surface area contributed by atoms with Gasteiger partial charge in [-0.3, -0.25) is 4.21 Å². The first-order valence-electron chi connectivity index (χ1n) is 6.16. The topological polar surface area (TPSA) is 43.1 Å². The van der Waals surface area contributed by atoms with E-state index in [2.05, 4.69) is 34.1 Å². The number of anilines is 1. The largest absolute Gasteiger partial charge is 0.398 e. The zero-order valence-electron chi connectivity index (χ0n) is 10.3. The van der Waals surface area contributed by atoms with Crippen molar-refractivity contribution in [2.45, 2.75) is 17.2 Å². The molecule has 0 saturated carbocycles. The first kappa shape index (κ1) is 12.9. The first-order valence-corrected chi connectivity index (χ1v) is 8.27. The van der Waals surface area contributed by atoms with Crippen molar-refractivity contribution in [1.82, 2.24) is 0 Å². The van der Waals surface area contributed by atoms with Crippen LogP contribution >= 0.6 is 15.9 Å². The van der Waals surface area contributed by atoms with Crippen molar-refractivity contribution in [1.29, 1.82) is 0 Å². The fourth-order valence-electron chi connectivity index (χ4n) is 2.49. The number of hydrogen-bond acceptors (Lipinski definition) is 2. The van der Waals surface area contributed by atoms with E-state index in [4.69, 9.17) is 5.73 Å². The van der Waals surface area contributed by atoms with Gasteiger partial charge in [0, 0.05) is 21.8 Å². The predicted molar refractivity (Wildman–Crippen MR) is 82.7 cm³/mol. The van der Waals surface area contributed by atoms with Gasteiger partial charge in [0.15, 0.2) is 0 Å². The molecule has 0 aromatic heterocycles. The maximum Gasteiger partial charge on any atom is 0.0628 e. The number of nitrogen functional groups attached to an aromatic ring is 1. The molecule has 0 spiro atoms. The van der Waals surface area contributed by atoms with Gasteiger partial charge in [-0.1, -0.05) is 40.2 Å². The summed E-state index contributed by atoms with van der Waals surface area (Å²) in [6, 6.07) is 13.9. The quantitative estimate of drug-likeness (QED) is 0.872. The summed E-state index contributed by atoms with van der Waals surface area (Å²) in [5.41, 5.74) is 9.23. The maximum atomic E-state index is 12.4. The van der Waals surface area contributed by atoms with Crippen LogP contribution in [0.4, 0.5) is 5.69 Å². The third-order valence-corrected chi connectivity index (χ3v) is 5.58. The van der Waals surface area contributed by atoms with E-state index in [1.54, 1.807) is 6.07 Å². The van der Waals surface area contributed by atoms with Gasteiger partial charge in [0.25, 0.3) is 0 Å². The van der Waals surface area contributed by atoms with Gasteiger partial charge < -0.3 is 5.73 Å². The number of rotatable bonds is 3. The number of benzene rings is 2. The highest BCUT2D eigenvalue weighted by atomic mass is 79.9. The summed E-state index contributed by atoms with van der Waals surface area (Å²) < 4.78 is 13.4. The van der Waals surface area contributed by atoms with E-state index in [1.807, 2.05) is 18.2 Å². The normalized spacial score (nSPS) is 18.5. The molecular weight excluding hydrogens is 322 g/mol. The van der Waals surface area contributed by atoms with Gasteiger partial charge in [-0.15, -0.1) is 0 Å². The highest BCUT2D eigenvalue weighted by Gasteiger charge is 2.27. The highest BCUT2D eigenvalue weighted by molar-refractivity contribution is 9.10. The molecule has 0 heterocycles. The van der Waals surface area contributed by atoms with Gasteiger partial charge in [0.1, 0.15) is 0 Å². The minimum absolute atomic E-state index is 0.399. The Bertz CT molecular complexity index is 656. The lowest BCUT2D eigenvalue weighted by molar-refractivity contribution is 0.645. The second-order valence-corrected chi connectivity index (χ2v) is 7.17. The molecule has 2 N–H and O–H groups in total. The number of fused-ring (bicyclic) bond motifs is 1. The Morgan fingerprint density at radius 1 is 1.26 bits per heavy atom. The lowest BCUT2D eigenvalue weighted by Crippen LogP contribution is -2.22. The van der Waals surface area contributed by atoms with Crippen molar-refractivity contribution in [3.63, 3.8) is 0 Å². The second-order valence-electron chi connectivity index (χ2n) is 4.79. The van der Waals surface area contributed by atoms with Crippen molar-refractivity contribution in [3.8, 4) is 0 Å². The maximum absolute atomic E-state index is 12.4. The van der Waals surface area contributed by atoms with Gasteiger partial charge in [-0.25, -0.2) is 0 Å². The lowest BCUT2D eigenvalue weighted by atomic mass is 9.79. The van der Waals surface area contributed by atoms with Crippen LogP contribution in [0.5, 0.6) is 0 Å². The molecule has 1 aliphatic rings. The van der Waals surface area contributed by atoms with E-state index in [1.165, 1.54) is 11.1 Å². The summed E-state index contributed by atoms with van der Waals surface area (Å²) in [5.74, 6) is 1.05. The Labute approximate surface area is 123 Å². The fourth-order valence-corrected chi connectivity index (χ4v) is 4.43. The predicted octanol–water partition coefficient (Wildman–Crippen LogP) is 3.48. The smallest absolute Gasteiger partial charge is 0.0628 e. The molecule has 2 aromatic rings. The summed E-state index contributed by atoms with van der Waals surface area (Å²) in [7, 11) is -1.05. The Kier molecular flexibility index (Phi) is 3.46. The fraction of sp³-hybridized carbons (Fsp3) is 0.200. The van der Waals surface area contributed by atoms with Crippen molar-refractivity contribution in [3.05, 3.63) is 58.1 Å². The van der Waals surface area contributed by atoms with Crippen LogP contribution in [0, 0.1) is 0 Å². The zero-order chi connectivity index (χ0) is 13.4. The average molecular weight is 336 g/mol. The van der Waals surface area contributed by atoms with Crippen LogP contribution in [0.1, 0.15) is 17.0 Å². The Balaban J connectivity index is 1.79. The zero-order valence-corrected chi connectivity index (χ0v) is 12.7. The average Bonchev–Trinajstić information content (AvgIpc) is 2.38. The van der Waals surface area contributed by atoms with Crippen LogP contribution < -0.4 is 5.73 Å². The molecule has 2 nitrogen and oxygen atoms in total. The van der Waals surface area contributed by atoms with Gasteiger partial charge >= 0.3 is 0 Å². The van der Waals surface area contributed by atoms with Gasteiger partial charge in [0.05, 0.1) is 15.7 Å². The van der Waals surface area contributed by atoms with Gasteiger partial charge in [-0.05, 0) is 35.7 Å². The molecule has 0 radical (unpaired) electrons. The van der Waals surface area contributed by atoms with Crippen LogP contribution in [-0.4, -0.2) is 9.96 Å². The molecule has 0 fully saturated rings. The van der Waals surface area contributed by atoms with E-state index in [9.17, 15) is 4.21 Å². The lowest BCUT2D eigenvalue weighted by Gasteiger charge is -2.29. The molecular formula is C15H14BrNOS. The van der Waals surface area contributed by atoms with Crippen LogP contribution in [0.2, 0.25) is 0 Å². The molecule has 2 unspecified atom stereocenters. The number of nitrogens with two attached hydrogens (primary N) is 1. The monoisotopic (exact) mass is 335 g/mol. The SMILES string of the molecule is Nc1ccc(Br)cc1S(=O)CC1Cc2ccccc21. The summed E-state index contributed by atoms with van der Waals surface area (Å²) >= 11 is 3.40. The van der Waals surface area contributed by atoms with Crippen molar-refractivity contribution in [2.24, 2.45) is 0 Å². The van der Waals surface area contributed by atoms with E-state index < -0.39 is 10.8 Å². The number of hydrogen-bond donors (Lipinski definition) is 1. The summed E-state index contributed by atoms with van der Waals surface area (Å²) in [4.78, 5) is 0.735. The second kappa shape index (κ2) is 5.10. The standard InChI is InChI=1S/C15H14BrNOS/c16-12-5-6-14(17)15(8-12)19(18)9-11-7-10-3-1-2-4-13(10)11/h1-6,8,11H,7,9,17H2. The van der Waals surface area contributed by atoms with Crippen LogP contribution in [0.15, 0.2) is 51.8 Å². The molecule has 1 aliphatic carbocycles. The number of halogens is 1. The molecule has 19 heavy (non-hydrogen) atoms.